The monoisotopic (exact) mass is 273 g/mol. The second-order valence-corrected chi connectivity index (χ2v) is 5.16. The predicted molar refractivity (Wildman–Crippen MR) is 76.6 cm³/mol. The van der Waals surface area contributed by atoms with Crippen LogP contribution in [0.4, 0.5) is 0 Å². The predicted octanol–water partition coefficient (Wildman–Crippen LogP) is 2.69. The SMILES string of the molecule is CNCc1ccc(OCc2cn3ccsc3n2)cc1. The van der Waals surface area contributed by atoms with Crippen molar-refractivity contribution in [3.8, 4) is 5.75 Å². The lowest BCUT2D eigenvalue weighted by Crippen LogP contribution is -2.04. The Morgan fingerprint density at radius 3 is 2.89 bits per heavy atom. The molecule has 0 aliphatic carbocycles. The summed E-state index contributed by atoms with van der Waals surface area (Å²) in [7, 11) is 1.94. The van der Waals surface area contributed by atoms with Gasteiger partial charge in [-0.25, -0.2) is 4.98 Å². The Morgan fingerprint density at radius 2 is 2.16 bits per heavy atom. The Labute approximate surface area is 115 Å². The first-order valence-corrected chi connectivity index (χ1v) is 7.00. The lowest BCUT2D eigenvalue weighted by molar-refractivity contribution is 0.302. The fourth-order valence-electron chi connectivity index (χ4n) is 1.91. The first-order valence-electron chi connectivity index (χ1n) is 6.12. The molecule has 5 heteroatoms. The quantitative estimate of drug-likeness (QED) is 0.777. The molecule has 4 nitrogen and oxygen atoms in total. The summed E-state index contributed by atoms with van der Waals surface area (Å²) in [6.45, 7) is 1.37. The van der Waals surface area contributed by atoms with Gasteiger partial charge in [-0.15, -0.1) is 11.3 Å². The van der Waals surface area contributed by atoms with E-state index in [0.717, 1.165) is 22.9 Å². The van der Waals surface area contributed by atoms with E-state index in [0.29, 0.717) is 6.61 Å². The van der Waals surface area contributed by atoms with Crippen LogP contribution in [0.1, 0.15) is 11.3 Å². The van der Waals surface area contributed by atoms with Crippen molar-refractivity contribution in [3.63, 3.8) is 0 Å². The Bertz CT molecular complexity index is 628. The molecule has 0 bridgehead atoms. The molecule has 0 saturated heterocycles. The van der Waals surface area contributed by atoms with Crippen LogP contribution in [-0.2, 0) is 13.2 Å². The van der Waals surface area contributed by atoms with E-state index in [1.54, 1.807) is 11.3 Å². The molecule has 0 saturated carbocycles. The maximum Gasteiger partial charge on any atom is 0.193 e. The summed E-state index contributed by atoms with van der Waals surface area (Å²) in [5.41, 5.74) is 2.20. The maximum atomic E-state index is 5.73. The summed E-state index contributed by atoms with van der Waals surface area (Å²) in [6.07, 6.45) is 4.00. The number of nitrogens with zero attached hydrogens (tertiary/aromatic N) is 2. The van der Waals surface area contributed by atoms with Crippen molar-refractivity contribution in [1.82, 2.24) is 14.7 Å². The fourth-order valence-corrected chi connectivity index (χ4v) is 2.63. The van der Waals surface area contributed by atoms with Crippen LogP contribution >= 0.6 is 11.3 Å². The number of imidazole rings is 1. The normalized spacial score (nSPS) is 11.0. The molecule has 3 rings (SSSR count). The van der Waals surface area contributed by atoms with Gasteiger partial charge in [-0.05, 0) is 24.7 Å². The average Bonchev–Trinajstić information content (AvgIpc) is 2.99. The summed E-state index contributed by atoms with van der Waals surface area (Å²) >= 11 is 1.63. The molecule has 0 atom stereocenters. The molecule has 1 N–H and O–H groups in total. The van der Waals surface area contributed by atoms with E-state index in [1.165, 1.54) is 5.56 Å². The molecule has 98 valence electrons. The van der Waals surface area contributed by atoms with E-state index >= 15 is 0 Å². The standard InChI is InChI=1S/C14H15N3OS/c1-15-8-11-2-4-13(5-3-11)18-10-12-9-17-6-7-19-14(17)16-12/h2-7,9,15H,8,10H2,1H3. The molecule has 2 aromatic heterocycles. The molecule has 3 aromatic rings. The van der Waals surface area contributed by atoms with Crippen molar-refractivity contribution < 1.29 is 4.74 Å². The summed E-state index contributed by atoms with van der Waals surface area (Å²) in [5, 5.41) is 5.14. The highest BCUT2D eigenvalue weighted by atomic mass is 32.1. The lowest BCUT2D eigenvalue weighted by Gasteiger charge is -2.05. The van der Waals surface area contributed by atoms with Gasteiger partial charge in [0.15, 0.2) is 4.96 Å². The molecular formula is C14H15N3OS. The third-order valence-electron chi connectivity index (χ3n) is 2.83. The number of fused-ring (bicyclic) bond motifs is 1. The van der Waals surface area contributed by atoms with Gasteiger partial charge in [-0.1, -0.05) is 12.1 Å². The van der Waals surface area contributed by atoms with Crippen molar-refractivity contribution in [2.45, 2.75) is 13.2 Å². The smallest absolute Gasteiger partial charge is 0.193 e. The van der Waals surface area contributed by atoms with E-state index in [1.807, 2.05) is 41.4 Å². The van der Waals surface area contributed by atoms with Gasteiger partial charge < -0.3 is 10.1 Å². The molecule has 0 aliphatic heterocycles. The largest absolute Gasteiger partial charge is 0.487 e. The number of thiazole rings is 1. The molecule has 0 fully saturated rings. The third-order valence-corrected chi connectivity index (χ3v) is 3.60. The van der Waals surface area contributed by atoms with Crippen molar-refractivity contribution in [2.75, 3.05) is 7.05 Å². The maximum absolute atomic E-state index is 5.73. The Balaban J connectivity index is 1.63. The number of benzene rings is 1. The van der Waals surface area contributed by atoms with E-state index in [-0.39, 0.29) is 0 Å². The molecule has 2 heterocycles. The van der Waals surface area contributed by atoms with Crippen molar-refractivity contribution in [3.05, 3.63) is 53.3 Å². The second-order valence-electron chi connectivity index (χ2n) is 4.29. The number of hydrogen-bond donors (Lipinski definition) is 1. The summed E-state index contributed by atoms with van der Waals surface area (Å²) in [4.78, 5) is 5.48. The van der Waals surface area contributed by atoms with Gasteiger partial charge in [0.2, 0.25) is 0 Å². The molecular weight excluding hydrogens is 258 g/mol. The average molecular weight is 273 g/mol. The van der Waals surface area contributed by atoms with E-state index in [2.05, 4.69) is 22.4 Å². The Hall–Kier alpha value is -1.85. The van der Waals surface area contributed by atoms with Gasteiger partial charge in [0.25, 0.3) is 0 Å². The van der Waals surface area contributed by atoms with Crippen LogP contribution in [-0.4, -0.2) is 16.4 Å². The van der Waals surface area contributed by atoms with Gasteiger partial charge in [0.05, 0.1) is 5.69 Å². The number of hydrogen-bond acceptors (Lipinski definition) is 4. The van der Waals surface area contributed by atoms with Crippen molar-refractivity contribution in [1.29, 1.82) is 0 Å². The molecule has 1 aromatic carbocycles. The van der Waals surface area contributed by atoms with Gasteiger partial charge in [0.1, 0.15) is 12.4 Å². The number of aromatic nitrogens is 2. The first kappa shape index (κ1) is 12.2. The number of ether oxygens (including phenoxy) is 1. The zero-order valence-electron chi connectivity index (χ0n) is 10.7. The van der Waals surface area contributed by atoms with Gasteiger partial charge >= 0.3 is 0 Å². The van der Waals surface area contributed by atoms with Crippen LogP contribution in [0, 0.1) is 0 Å². The van der Waals surface area contributed by atoms with E-state index in [9.17, 15) is 0 Å². The molecule has 0 amide bonds. The van der Waals surface area contributed by atoms with Crippen molar-refractivity contribution in [2.24, 2.45) is 0 Å². The van der Waals surface area contributed by atoms with Gasteiger partial charge in [0, 0.05) is 24.3 Å². The fraction of sp³-hybridized carbons (Fsp3) is 0.214. The van der Waals surface area contributed by atoms with Crippen molar-refractivity contribution >= 4 is 16.3 Å². The molecule has 0 radical (unpaired) electrons. The summed E-state index contributed by atoms with van der Waals surface area (Å²) < 4.78 is 7.75. The van der Waals surface area contributed by atoms with Crippen LogP contribution in [0.5, 0.6) is 5.75 Å². The minimum atomic E-state index is 0.500. The van der Waals surface area contributed by atoms with E-state index in [4.69, 9.17) is 4.74 Å². The summed E-state index contributed by atoms with van der Waals surface area (Å²) in [6, 6.07) is 8.12. The molecule has 0 aliphatic rings. The zero-order chi connectivity index (χ0) is 13.1. The number of rotatable bonds is 5. The van der Waals surface area contributed by atoms with E-state index < -0.39 is 0 Å². The molecule has 0 unspecified atom stereocenters. The zero-order valence-corrected chi connectivity index (χ0v) is 11.5. The first-order chi connectivity index (χ1) is 9.35. The van der Waals surface area contributed by atoms with Crippen LogP contribution in [0.2, 0.25) is 0 Å². The second kappa shape index (κ2) is 5.42. The topological polar surface area (TPSA) is 38.6 Å². The van der Waals surface area contributed by atoms with Crippen LogP contribution in [0.15, 0.2) is 42.0 Å². The highest BCUT2D eigenvalue weighted by Crippen LogP contribution is 2.16. The Kier molecular flexibility index (Phi) is 3.48. The highest BCUT2D eigenvalue weighted by Gasteiger charge is 2.03. The molecule has 0 spiro atoms. The minimum absolute atomic E-state index is 0.500. The van der Waals surface area contributed by atoms with Gasteiger partial charge in [-0.3, -0.25) is 4.40 Å². The molecule has 19 heavy (non-hydrogen) atoms. The van der Waals surface area contributed by atoms with Gasteiger partial charge in [-0.2, -0.15) is 0 Å². The number of nitrogens with one attached hydrogen (secondary N) is 1. The highest BCUT2D eigenvalue weighted by molar-refractivity contribution is 7.15. The van der Waals surface area contributed by atoms with Crippen LogP contribution in [0.3, 0.4) is 0 Å². The lowest BCUT2D eigenvalue weighted by atomic mass is 10.2. The summed E-state index contributed by atoms with van der Waals surface area (Å²) in [5.74, 6) is 0.871. The minimum Gasteiger partial charge on any atom is -0.487 e. The van der Waals surface area contributed by atoms with Crippen LogP contribution in [0.25, 0.3) is 4.96 Å². The third kappa shape index (κ3) is 2.77. The Morgan fingerprint density at radius 1 is 1.32 bits per heavy atom. The van der Waals surface area contributed by atoms with Crippen LogP contribution < -0.4 is 10.1 Å².